The van der Waals surface area contributed by atoms with Gasteiger partial charge in [-0.1, -0.05) is 114 Å². The molecule has 7 heteroatoms. The van der Waals surface area contributed by atoms with Crippen LogP contribution in [0.25, 0.3) is 10.5 Å². The maximum Gasteiger partial charge on any atom is 2.00 e. The number of nitrogens with zero attached hydrogens (tertiary/aromatic N) is 2. The summed E-state index contributed by atoms with van der Waals surface area (Å²) in [5.41, 5.74) is 7.55. The van der Waals surface area contributed by atoms with Crippen LogP contribution in [0.1, 0.15) is 140 Å². The minimum absolute atomic E-state index is 0. The van der Waals surface area contributed by atoms with E-state index in [-0.39, 0.29) is 23.1 Å². The van der Waals surface area contributed by atoms with E-state index in [1.54, 1.807) is 0 Å². The Hall–Kier alpha value is -1.25. The third-order valence-electron chi connectivity index (χ3n) is 7.62. The molecule has 2 aromatic carbocycles. The Kier molecular flexibility index (Phi) is 21.4. The summed E-state index contributed by atoms with van der Waals surface area (Å²) in [7, 11) is 0.479. The van der Waals surface area contributed by atoms with E-state index in [1.807, 2.05) is 0 Å². The zero-order valence-corrected chi connectivity index (χ0v) is 30.2. The van der Waals surface area contributed by atoms with Crippen molar-refractivity contribution in [2.75, 3.05) is 39.6 Å². The molecule has 0 saturated carbocycles. The third-order valence-corrected chi connectivity index (χ3v) is 7.62. The fourth-order valence-electron chi connectivity index (χ4n) is 5.10. The summed E-state index contributed by atoms with van der Waals surface area (Å²) in [6.45, 7) is 23.9. The van der Waals surface area contributed by atoms with E-state index in [0.717, 1.165) is 51.0 Å². The zero-order valence-electron chi connectivity index (χ0n) is 28.8. The van der Waals surface area contributed by atoms with Gasteiger partial charge in [0.2, 0.25) is 0 Å². The summed E-state index contributed by atoms with van der Waals surface area (Å²) < 4.78 is 14.8. The normalized spacial score (nSPS) is 15.6. The van der Waals surface area contributed by atoms with Gasteiger partial charge in [0.1, 0.15) is 0 Å². The molecule has 0 radical (unpaired) electrons. The van der Waals surface area contributed by atoms with Crippen LogP contribution < -0.4 is 0 Å². The number of hydrogen-bond donors (Lipinski definition) is 0. The van der Waals surface area contributed by atoms with Gasteiger partial charge in [-0.25, -0.2) is 0 Å². The Morgan fingerprint density at radius 1 is 0.465 bits per heavy atom. The van der Waals surface area contributed by atoms with Crippen molar-refractivity contribution in [3.05, 3.63) is 69.1 Å². The summed E-state index contributed by atoms with van der Waals surface area (Å²) in [6.07, 6.45) is 7.67. The van der Waals surface area contributed by atoms with Crippen LogP contribution in [-0.2, 0) is 14.2 Å². The Labute approximate surface area is 281 Å². The largest absolute Gasteiger partial charge is 2.00 e. The van der Waals surface area contributed by atoms with Gasteiger partial charge < -0.3 is 24.7 Å². The fraction of sp³-hybridized carbons (Fsp3) is 0.667. The molecule has 0 aliphatic carbocycles. The Morgan fingerprint density at radius 2 is 0.698 bits per heavy atom. The smallest absolute Gasteiger partial charge is 0.724 e. The van der Waals surface area contributed by atoms with E-state index in [0.29, 0.717) is 31.2 Å². The molecule has 0 unspecified atom stereocenters. The fourth-order valence-corrected chi connectivity index (χ4v) is 5.10. The van der Waals surface area contributed by atoms with Gasteiger partial charge in [0, 0.05) is 39.6 Å². The molecule has 0 N–H and O–H groups in total. The molecule has 0 spiro atoms. The van der Waals surface area contributed by atoms with Crippen molar-refractivity contribution in [1.82, 2.24) is 0 Å². The van der Waals surface area contributed by atoms with Crippen molar-refractivity contribution in [2.45, 2.75) is 118 Å². The van der Waals surface area contributed by atoms with Crippen molar-refractivity contribution in [1.29, 1.82) is 0 Å². The predicted octanol–water partition coefficient (Wildman–Crippen LogP) is 10.2. The van der Waals surface area contributed by atoms with E-state index >= 15 is 0 Å². The molecule has 5 nitrogen and oxygen atoms in total. The van der Waals surface area contributed by atoms with Gasteiger partial charge in [-0.2, -0.15) is 0 Å². The van der Waals surface area contributed by atoms with Crippen molar-refractivity contribution in [3.8, 4) is 0 Å². The molecule has 0 amide bonds. The van der Waals surface area contributed by atoms with Crippen LogP contribution in [0.5, 0.6) is 0 Å². The van der Waals surface area contributed by atoms with E-state index in [4.69, 9.17) is 24.7 Å². The van der Waals surface area contributed by atoms with Gasteiger partial charge in [-0.05, 0) is 62.2 Å². The molecular weight excluding hydrogens is 544 g/mol. The van der Waals surface area contributed by atoms with E-state index in [9.17, 15) is 0 Å². The number of ether oxygens (including phenoxy) is 3. The summed E-state index contributed by atoms with van der Waals surface area (Å²) in [5, 5.41) is 9.96. The summed E-state index contributed by atoms with van der Waals surface area (Å²) in [4.78, 5) is 0. The van der Waals surface area contributed by atoms with E-state index < -0.39 is 0 Å². The number of hydrogen-bond acceptors (Lipinski definition) is 3. The number of benzene rings is 2. The average molecular weight is 603 g/mol. The zero-order chi connectivity index (χ0) is 30.7. The van der Waals surface area contributed by atoms with Crippen LogP contribution >= 0.6 is 0 Å². The first-order chi connectivity index (χ1) is 20.2. The Balaban J connectivity index is 0.000000461. The minimum atomic E-state index is 0. The first-order valence-corrected chi connectivity index (χ1v) is 16.6. The van der Waals surface area contributed by atoms with Gasteiger partial charge >= 0.3 is 23.1 Å². The first-order valence-electron chi connectivity index (χ1n) is 16.6. The number of rotatable bonds is 8. The summed E-state index contributed by atoms with van der Waals surface area (Å²) in [6, 6.07) is 13.1. The predicted molar refractivity (Wildman–Crippen MR) is 188 cm³/mol. The molecule has 0 aromatic heterocycles. The van der Waals surface area contributed by atoms with Crippen molar-refractivity contribution in [3.63, 3.8) is 0 Å². The second kappa shape index (κ2) is 23.1. The Morgan fingerprint density at radius 3 is 0.860 bits per heavy atom. The molecule has 3 heterocycles. The Bertz CT molecular complexity index is 826. The van der Waals surface area contributed by atoms with Crippen LogP contribution in [0, 0.1) is 0 Å². The van der Waals surface area contributed by atoms with Gasteiger partial charge in [0.05, 0.1) is 0 Å². The van der Waals surface area contributed by atoms with Gasteiger partial charge in [0.15, 0.2) is 0 Å². The van der Waals surface area contributed by atoms with Crippen LogP contribution in [0.2, 0.25) is 0 Å². The second-order valence-electron chi connectivity index (χ2n) is 12.6. The molecule has 3 fully saturated rings. The molecule has 3 aliphatic rings. The van der Waals surface area contributed by atoms with Gasteiger partial charge in [-0.3, -0.25) is 0 Å². The van der Waals surface area contributed by atoms with Crippen LogP contribution in [0.4, 0.5) is 11.4 Å². The quantitative estimate of drug-likeness (QED) is 0.283. The summed E-state index contributed by atoms with van der Waals surface area (Å²) in [5.74, 6) is 1.82. The van der Waals surface area contributed by atoms with Gasteiger partial charge in [-0.15, -0.1) is 18.9 Å². The van der Waals surface area contributed by atoms with Crippen LogP contribution in [-0.4, -0.2) is 70.2 Å². The molecule has 3 aliphatic heterocycles. The van der Waals surface area contributed by atoms with Crippen LogP contribution in [0.15, 0.2) is 36.4 Å². The topological polar surface area (TPSA) is 55.9 Å². The maximum absolute atomic E-state index is 4.98. The maximum atomic E-state index is 4.98. The van der Waals surface area contributed by atoms with Crippen molar-refractivity contribution >= 4 is 42.0 Å². The van der Waals surface area contributed by atoms with Gasteiger partial charge in [0.25, 0.3) is 0 Å². The first kappa shape index (κ1) is 39.8. The summed E-state index contributed by atoms with van der Waals surface area (Å²) >= 11 is 0. The molecule has 0 atom stereocenters. The molecule has 236 valence electrons. The molecular formula is C36H59BMgN2O3. The number of para-hydroxylation sites is 2. The molecule has 0 bridgehead atoms. The monoisotopic (exact) mass is 602 g/mol. The van der Waals surface area contributed by atoms with Crippen LogP contribution in [0.3, 0.4) is 0 Å². The van der Waals surface area contributed by atoms with E-state index in [2.05, 4.69) is 91.8 Å². The van der Waals surface area contributed by atoms with E-state index in [1.165, 1.54) is 60.8 Å². The standard InChI is InChI=1S/C24H35BN2.3C4H8O.Mg/c1-15(2)19-11-9-12-20(16(3)4)23(19)26-25-27-24-21(17(5)6)13-10-14-22(24)18(7)8;3*1-2-4-5-3-1;/h9-18,25H,1-8H3;3*1-4H2;/q-2;;;;+2. The SMILES string of the molecule is C1CCOC1.C1CCOC1.C1CCOC1.CC(C)c1cccc(C(C)C)c1[N-]B[N-]c1c(C(C)C)cccc1C(C)C.[Mg+2]. The minimum Gasteiger partial charge on any atom is -0.724 e. The average Bonchev–Trinajstić information content (AvgIpc) is 3.80. The third kappa shape index (κ3) is 15.1. The second-order valence-corrected chi connectivity index (χ2v) is 12.6. The molecule has 5 rings (SSSR count). The van der Waals surface area contributed by atoms with Crippen molar-refractivity contribution < 1.29 is 14.2 Å². The molecule has 43 heavy (non-hydrogen) atoms. The van der Waals surface area contributed by atoms with Crippen molar-refractivity contribution in [2.24, 2.45) is 0 Å². The molecule has 2 aromatic rings. The molecule has 3 saturated heterocycles.